The lowest BCUT2D eigenvalue weighted by Crippen LogP contribution is -2.31. The zero-order chi connectivity index (χ0) is 13.5. The van der Waals surface area contributed by atoms with Crippen LogP contribution in [0.4, 0.5) is 18.9 Å². The molecule has 18 heavy (non-hydrogen) atoms. The highest BCUT2D eigenvalue weighted by atomic mass is 19.4. The first-order valence-electron chi connectivity index (χ1n) is 4.87. The monoisotopic (exact) mass is 257 g/mol. The second kappa shape index (κ2) is 3.94. The maximum Gasteiger partial charge on any atom is 0.416 e. The molecule has 1 amide bonds. The second-order valence-electron chi connectivity index (χ2n) is 3.64. The maximum absolute atomic E-state index is 12.5. The molecule has 0 aliphatic carbocycles. The number of amides is 1. The van der Waals surface area contributed by atoms with Gasteiger partial charge in [-0.15, -0.1) is 0 Å². The molecule has 2 rings (SSSR count). The minimum absolute atomic E-state index is 0.0325. The third kappa shape index (κ3) is 1.77. The van der Waals surface area contributed by atoms with Gasteiger partial charge in [0, 0.05) is 0 Å². The Labute approximate surface area is 99.0 Å². The normalized spacial score (nSPS) is 14.9. The highest BCUT2D eigenvalue weighted by Crippen LogP contribution is 2.35. The third-order valence-electron chi connectivity index (χ3n) is 2.56. The van der Waals surface area contributed by atoms with Crippen LogP contribution in [0, 0.1) is 0 Å². The summed E-state index contributed by atoms with van der Waals surface area (Å²) in [6.07, 6.45) is -4.19. The summed E-state index contributed by atoms with van der Waals surface area (Å²) in [5.41, 5.74) is -1.29. The van der Waals surface area contributed by atoms with Crippen LogP contribution >= 0.6 is 0 Å². The molecule has 1 aliphatic rings. The number of hydrogen-bond donors (Lipinski definition) is 0. The molecule has 7 heteroatoms. The van der Waals surface area contributed by atoms with Crippen LogP contribution in [0.5, 0.6) is 0 Å². The summed E-state index contributed by atoms with van der Waals surface area (Å²) in [7, 11) is 0. The number of Topliss-reactive ketones (excluding diaryl/α,β-unsaturated/α-hetero) is 1. The lowest BCUT2D eigenvalue weighted by atomic mass is 10.1. The minimum Gasteiger partial charge on any atom is -0.301 e. The zero-order valence-corrected chi connectivity index (χ0v) is 8.82. The summed E-state index contributed by atoms with van der Waals surface area (Å²) in [6, 6.07) is 2.41. The summed E-state index contributed by atoms with van der Waals surface area (Å²) in [6.45, 7) is -0.358. The van der Waals surface area contributed by atoms with E-state index < -0.39 is 23.4 Å². The molecule has 1 aromatic carbocycles. The molecule has 1 aromatic rings. The molecule has 0 saturated carbocycles. The molecule has 4 nitrogen and oxygen atoms in total. The van der Waals surface area contributed by atoms with Crippen molar-refractivity contribution in [2.45, 2.75) is 6.18 Å². The average molecular weight is 257 g/mol. The molecule has 0 spiro atoms. The molecule has 0 saturated heterocycles. The van der Waals surface area contributed by atoms with Gasteiger partial charge in [-0.3, -0.25) is 14.5 Å². The van der Waals surface area contributed by atoms with Crippen LogP contribution < -0.4 is 4.90 Å². The third-order valence-corrected chi connectivity index (χ3v) is 2.56. The van der Waals surface area contributed by atoms with Crippen molar-refractivity contribution in [1.29, 1.82) is 0 Å². The Bertz CT molecular complexity index is 551. The van der Waals surface area contributed by atoms with Crippen LogP contribution in [0.1, 0.15) is 15.9 Å². The molecule has 0 bridgehead atoms. The molecule has 1 heterocycles. The van der Waals surface area contributed by atoms with E-state index in [2.05, 4.69) is 0 Å². The van der Waals surface area contributed by atoms with Gasteiger partial charge in [-0.2, -0.15) is 13.2 Å². The molecule has 0 atom stereocenters. The van der Waals surface area contributed by atoms with Crippen LogP contribution in [0.15, 0.2) is 18.2 Å². The molecule has 94 valence electrons. The van der Waals surface area contributed by atoms with Gasteiger partial charge in [-0.25, -0.2) is 0 Å². The number of benzene rings is 1. The van der Waals surface area contributed by atoms with Crippen molar-refractivity contribution < 1.29 is 27.6 Å². The Hall–Kier alpha value is -2.18. The van der Waals surface area contributed by atoms with Gasteiger partial charge in [0.2, 0.25) is 0 Å². The molecule has 1 aliphatic heterocycles. The fraction of sp³-hybridized carbons (Fsp3) is 0.182. The van der Waals surface area contributed by atoms with Gasteiger partial charge in [0.25, 0.3) is 11.7 Å². The number of rotatable bonds is 2. The van der Waals surface area contributed by atoms with Crippen LogP contribution in [0.2, 0.25) is 0 Å². The van der Waals surface area contributed by atoms with Crippen molar-refractivity contribution in [3.05, 3.63) is 29.3 Å². The topological polar surface area (TPSA) is 54.5 Å². The number of halogens is 3. The van der Waals surface area contributed by atoms with E-state index in [1.165, 1.54) is 0 Å². The van der Waals surface area contributed by atoms with Crippen LogP contribution in [-0.2, 0) is 15.8 Å². The van der Waals surface area contributed by atoms with Crippen LogP contribution in [0.25, 0.3) is 0 Å². The first-order valence-corrected chi connectivity index (χ1v) is 4.87. The fourth-order valence-corrected chi connectivity index (χ4v) is 1.73. The van der Waals surface area contributed by atoms with Crippen molar-refractivity contribution in [1.82, 2.24) is 0 Å². The highest BCUT2D eigenvalue weighted by Gasteiger charge is 2.39. The van der Waals surface area contributed by atoms with E-state index in [4.69, 9.17) is 0 Å². The largest absolute Gasteiger partial charge is 0.416 e. The van der Waals surface area contributed by atoms with E-state index in [-0.39, 0.29) is 17.8 Å². The van der Waals surface area contributed by atoms with Crippen LogP contribution in [-0.4, -0.2) is 24.5 Å². The number of ketones is 1. The highest BCUT2D eigenvalue weighted by molar-refractivity contribution is 6.52. The summed E-state index contributed by atoms with van der Waals surface area (Å²) in [4.78, 5) is 34.2. The molecule has 0 aromatic heterocycles. The summed E-state index contributed by atoms with van der Waals surface area (Å²) >= 11 is 0. The lowest BCUT2D eigenvalue weighted by Gasteiger charge is -2.13. The van der Waals surface area contributed by atoms with E-state index in [1.807, 2.05) is 0 Å². The number of fused-ring (bicyclic) bond motifs is 1. The van der Waals surface area contributed by atoms with Gasteiger partial charge >= 0.3 is 6.18 Å². The van der Waals surface area contributed by atoms with Crippen molar-refractivity contribution in [3.63, 3.8) is 0 Å². The van der Waals surface area contributed by atoms with Gasteiger partial charge in [-0.1, -0.05) is 0 Å². The van der Waals surface area contributed by atoms with Crippen molar-refractivity contribution in [3.8, 4) is 0 Å². The number of nitrogens with zero attached hydrogens (tertiary/aromatic N) is 1. The second-order valence-corrected chi connectivity index (χ2v) is 3.64. The lowest BCUT2D eigenvalue weighted by molar-refractivity contribution is -0.137. The number of aldehydes is 1. The van der Waals surface area contributed by atoms with E-state index in [0.29, 0.717) is 12.4 Å². The molecular formula is C11H6F3NO3. The SMILES string of the molecule is O=CCN1C(=O)C(=O)c2cc(C(F)(F)F)ccc21. The smallest absolute Gasteiger partial charge is 0.301 e. The quantitative estimate of drug-likeness (QED) is 0.595. The Kier molecular flexibility index (Phi) is 2.68. The van der Waals surface area contributed by atoms with E-state index in [0.717, 1.165) is 17.0 Å². The summed E-state index contributed by atoms with van der Waals surface area (Å²) in [5.74, 6) is -2.02. The van der Waals surface area contributed by atoms with Crippen molar-refractivity contribution in [2.24, 2.45) is 0 Å². The number of anilines is 1. The fourth-order valence-electron chi connectivity index (χ4n) is 1.73. The Balaban J connectivity index is 2.53. The van der Waals surface area contributed by atoms with Gasteiger partial charge in [0.15, 0.2) is 0 Å². The zero-order valence-electron chi connectivity index (χ0n) is 8.82. The summed E-state index contributed by atoms with van der Waals surface area (Å²) in [5, 5.41) is 0. The van der Waals surface area contributed by atoms with E-state index in [9.17, 15) is 27.6 Å². The standard InChI is InChI=1S/C11H6F3NO3/c12-11(13,14)6-1-2-8-7(5-6)9(17)10(18)15(8)3-4-16/h1-2,4-5H,3H2. The maximum atomic E-state index is 12.5. The first-order chi connectivity index (χ1) is 8.36. The number of alkyl halides is 3. The molecule has 0 radical (unpaired) electrons. The van der Waals surface area contributed by atoms with Gasteiger partial charge in [-0.05, 0) is 18.2 Å². The van der Waals surface area contributed by atoms with E-state index in [1.54, 1.807) is 0 Å². The van der Waals surface area contributed by atoms with Gasteiger partial charge in [0.05, 0.1) is 23.4 Å². The number of carbonyl (C=O) groups excluding carboxylic acids is 3. The van der Waals surface area contributed by atoms with Crippen LogP contribution in [0.3, 0.4) is 0 Å². The van der Waals surface area contributed by atoms with Crippen molar-refractivity contribution >= 4 is 23.7 Å². The summed E-state index contributed by atoms with van der Waals surface area (Å²) < 4.78 is 37.4. The van der Waals surface area contributed by atoms with Gasteiger partial charge in [0.1, 0.15) is 6.29 Å². The molecule has 0 fully saturated rings. The number of carbonyl (C=O) groups is 3. The predicted molar refractivity (Wildman–Crippen MR) is 54.2 cm³/mol. The Morgan fingerprint density at radius 2 is 1.89 bits per heavy atom. The molecule has 0 N–H and O–H groups in total. The van der Waals surface area contributed by atoms with Crippen molar-refractivity contribution in [2.75, 3.05) is 11.4 Å². The Morgan fingerprint density at radius 1 is 1.22 bits per heavy atom. The number of hydrogen-bond acceptors (Lipinski definition) is 3. The Morgan fingerprint density at radius 3 is 2.44 bits per heavy atom. The van der Waals surface area contributed by atoms with E-state index >= 15 is 0 Å². The molecular weight excluding hydrogens is 251 g/mol. The predicted octanol–water partition coefficient (Wildman–Crippen LogP) is 1.43. The van der Waals surface area contributed by atoms with Gasteiger partial charge < -0.3 is 4.79 Å². The minimum atomic E-state index is -4.59. The first kappa shape index (κ1) is 12.3. The molecule has 0 unspecified atom stereocenters. The average Bonchev–Trinajstić information content (AvgIpc) is 2.54.